The van der Waals surface area contributed by atoms with E-state index in [9.17, 15) is 4.79 Å². The van der Waals surface area contributed by atoms with Crippen LogP contribution in [0, 0.1) is 0 Å². The van der Waals surface area contributed by atoms with Crippen LogP contribution in [0.2, 0.25) is 0 Å². The van der Waals surface area contributed by atoms with E-state index in [1.807, 2.05) is 13.8 Å². The number of nitrogen functional groups attached to an aromatic ring is 1. The maximum absolute atomic E-state index is 12.5. The molecule has 2 heterocycles. The van der Waals surface area contributed by atoms with Gasteiger partial charge >= 0.3 is 0 Å². The Kier molecular flexibility index (Phi) is 3.85. The van der Waals surface area contributed by atoms with Crippen molar-refractivity contribution in [1.29, 1.82) is 0 Å². The first-order valence-electron chi connectivity index (χ1n) is 7.94. The largest absolute Gasteiger partial charge is 0.397 e. The van der Waals surface area contributed by atoms with E-state index in [4.69, 9.17) is 10.7 Å². The fourth-order valence-electron chi connectivity index (χ4n) is 2.78. The maximum atomic E-state index is 12.5. The highest BCUT2D eigenvalue weighted by atomic mass is 32.1. The minimum atomic E-state index is -0.230. The van der Waals surface area contributed by atoms with E-state index in [2.05, 4.69) is 18.3 Å². The van der Waals surface area contributed by atoms with Crippen molar-refractivity contribution in [1.82, 2.24) is 10.3 Å². The highest BCUT2D eigenvalue weighted by Gasteiger charge is 2.24. The molecule has 3 N–H and O–H groups in total. The van der Waals surface area contributed by atoms with E-state index in [0.717, 1.165) is 29.5 Å². The van der Waals surface area contributed by atoms with Crippen LogP contribution in [0.4, 0.5) is 5.69 Å². The van der Waals surface area contributed by atoms with Crippen LogP contribution >= 0.6 is 11.3 Å². The number of aryl methyl sites for hydroxylation is 2. The summed E-state index contributed by atoms with van der Waals surface area (Å²) in [5, 5.41) is 3.99. The summed E-state index contributed by atoms with van der Waals surface area (Å²) >= 11 is 1.41. The summed E-state index contributed by atoms with van der Waals surface area (Å²) in [4.78, 5) is 18.8. The second-order valence-electron chi connectivity index (χ2n) is 6.69. The number of fused-ring (bicyclic) bond motifs is 2. The molecule has 2 aromatic rings. The number of nitrogens with one attached hydrogen (secondary N) is 1. The van der Waals surface area contributed by atoms with Gasteiger partial charge in [0.25, 0.3) is 5.91 Å². The summed E-state index contributed by atoms with van der Waals surface area (Å²) in [5.74, 6) is -0.0923. The first-order valence-corrected chi connectivity index (χ1v) is 8.76. The van der Waals surface area contributed by atoms with Crippen LogP contribution in [-0.4, -0.2) is 16.4 Å². The third-order valence-corrected chi connectivity index (χ3v) is 5.66. The summed E-state index contributed by atoms with van der Waals surface area (Å²) < 4.78 is 0. The number of rotatable bonds is 3. The molecule has 0 radical (unpaired) electrons. The molecule has 4 nitrogen and oxygen atoms in total. The van der Waals surface area contributed by atoms with Crippen molar-refractivity contribution in [3.63, 3.8) is 0 Å². The summed E-state index contributed by atoms with van der Waals surface area (Å²) in [6.07, 6.45) is 5.38. The number of nitrogens with zero attached hydrogens (tertiary/aromatic N) is 1. The Labute approximate surface area is 135 Å². The molecule has 3 rings (SSSR count). The van der Waals surface area contributed by atoms with Crippen molar-refractivity contribution in [2.75, 3.05) is 5.73 Å². The third kappa shape index (κ3) is 2.70. The molecule has 1 amide bonds. The lowest BCUT2D eigenvalue weighted by atomic mass is 9.95. The molecule has 2 aromatic heterocycles. The molecule has 0 fully saturated rings. The number of pyridine rings is 1. The second-order valence-corrected chi connectivity index (χ2v) is 7.69. The molecule has 0 unspecified atom stereocenters. The lowest BCUT2D eigenvalue weighted by molar-refractivity contribution is 0.0916. The number of hydrogen-bond donors (Lipinski definition) is 2. The van der Waals surface area contributed by atoms with Gasteiger partial charge in [-0.1, -0.05) is 6.92 Å². The summed E-state index contributed by atoms with van der Waals surface area (Å²) in [6, 6.07) is 2.14. The Morgan fingerprint density at radius 2 is 2.14 bits per heavy atom. The van der Waals surface area contributed by atoms with Gasteiger partial charge in [0.05, 0.1) is 5.69 Å². The van der Waals surface area contributed by atoms with E-state index < -0.39 is 0 Å². The average Bonchev–Trinajstić information content (AvgIpc) is 2.81. The smallest absolute Gasteiger partial charge is 0.263 e. The summed E-state index contributed by atoms with van der Waals surface area (Å²) in [5.41, 5.74) is 9.06. The first-order chi connectivity index (χ1) is 10.4. The Balaban J connectivity index is 2.01. The van der Waals surface area contributed by atoms with Gasteiger partial charge in [0.1, 0.15) is 9.71 Å². The third-order valence-electron chi connectivity index (χ3n) is 4.54. The standard InChI is InChI=1S/C17H23N3OS/c1-4-17(2,3)20-15(21)14-13(18)11-9-10-7-5-6-8-12(10)19-16(11)22-14/h9H,4-8,18H2,1-3H3,(H,20,21). The van der Waals surface area contributed by atoms with Gasteiger partial charge in [0, 0.05) is 16.6 Å². The van der Waals surface area contributed by atoms with Gasteiger partial charge in [-0.15, -0.1) is 11.3 Å². The highest BCUT2D eigenvalue weighted by Crippen LogP contribution is 2.35. The molecule has 118 valence electrons. The van der Waals surface area contributed by atoms with E-state index >= 15 is 0 Å². The minimum absolute atomic E-state index is 0.0923. The number of nitrogens with two attached hydrogens (primary N) is 1. The van der Waals surface area contributed by atoms with Crippen molar-refractivity contribution in [3.05, 3.63) is 22.2 Å². The number of carbonyl (C=O) groups is 1. The highest BCUT2D eigenvalue weighted by molar-refractivity contribution is 7.21. The van der Waals surface area contributed by atoms with Crippen molar-refractivity contribution < 1.29 is 4.79 Å². The van der Waals surface area contributed by atoms with Crippen LogP contribution < -0.4 is 11.1 Å². The lowest BCUT2D eigenvalue weighted by Gasteiger charge is -2.24. The van der Waals surface area contributed by atoms with Crippen LogP contribution in [0.5, 0.6) is 0 Å². The van der Waals surface area contributed by atoms with Crippen molar-refractivity contribution in [2.24, 2.45) is 0 Å². The Bertz CT molecular complexity index is 733. The van der Waals surface area contributed by atoms with E-state index in [1.165, 1.54) is 35.4 Å². The van der Waals surface area contributed by atoms with Gasteiger partial charge in [0.15, 0.2) is 0 Å². The quantitative estimate of drug-likeness (QED) is 0.907. The van der Waals surface area contributed by atoms with Crippen LogP contribution in [0.15, 0.2) is 6.07 Å². The zero-order valence-electron chi connectivity index (χ0n) is 13.5. The number of anilines is 1. The molecule has 0 aromatic carbocycles. The van der Waals surface area contributed by atoms with Crippen LogP contribution in [0.25, 0.3) is 10.2 Å². The zero-order valence-corrected chi connectivity index (χ0v) is 14.3. The molecule has 0 atom stereocenters. The molecule has 1 aliphatic carbocycles. The first kappa shape index (κ1) is 15.3. The number of amides is 1. The van der Waals surface area contributed by atoms with Crippen molar-refractivity contribution in [2.45, 2.75) is 58.4 Å². The number of hydrogen-bond acceptors (Lipinski definition) is 4. The Morgan fingerprint density at radius 1 is 1.41 bits per heavy atom. The fourth-order valence-corrected chi connectivity index (χ4v) is 3.77. The lowest BCUT2D eigenvalue weighted by Crippen LogP contribution is -2.42. The Morgan fingerprint density at radius 3 is 2.86 bits per heavy atom. The molecule has 0 spiro atoms. The maximum Gasteiger partial charge on any atom is 0.263 e. The molecular formula is C17H23N3OS. The van der Waals surface area contributed by atoms with Crippen molar-refractivity contribution in [3.8, 4) is 0 Å². The van der Waals surface area contributed by atoms with E-state index in [-0.39, 0.29) is 11.4 Å². The molecule has 0 saturated carbocycles. The van der Waals surface area contributed by atoms with Gasteiger partial charge in [-0.2, -0.15) is 0 Å². The SMILES string of the molecule is CCC(C)(C)NC(=O)c1sc2nc3c(cc2c1N)CCCC3. The molecule has 0 bridgehead atoms. The van der Waals surface area contributed by atoms with Crippen LogP contribution in [0.1, 0.15) is 61.0 Å². The topological polar surface area (TPSA) is 68.0 Å². The van der Waals surface area contributed by atoms with Crippen LogP contribution in [-0.2, 0) is 12.8 Å². The van der Waals surface area contributed by atoms with Gasteiger partial charge in [-0.3, -0.25) is 4.79 Å². The number of aromatic nitrogens is 1. The van der Waals surface area contributed by atoms with Gasteiger partial charge in [-0.25, -0.2) is 4.98 Å². The summed E-state index contributed by atoms with van der Waals surface area (Å²) in [6.45, 7) is 6.10. The molecule has 1 aliphatic rings. The molecule has 22 heavy (non-hydrogen) atoms. The molecular weight excluding hydrogens is 294 g/mol. The second kappa shape index (κ2) is 5.54. The predicted octanol–water partition coefficient (Wildman–Crippen LogP) is 3.68. The summed E-state index contributed by atoms with van der Waals surface area (Å²) in [7, 11) is 0. The number of thiophene rings is 1. The zero-order chi connectivity index (χ0) is 15.9. The number of carbonyl (C=O) groups excluding carboxylic acids is 1. The molecule has 0 saturated heterocycles. The van der Waals surface area contributed by atoms with Gasteiger partial charge in [-0.05, 0) is 57.6 Å². The van der Waals surface area contributed by atoms with Gasteiger partial charge < -0.3 is 11.1 Å². The minimum Gasteiger partial charge on any atom is -0.397 e. The molecule has 5 heteroatoms. The molecule has 0 aliphatic heterocycles. The van der Waals surface area contributed by atoms with Crippen molar-refractivity contribution >= 4 is 33.1 Å². The average molecular weight is 317 g/mol. The van der Waals surface area contributed by atoms with Crippen LogP contribution in [0.3, 0.4) is 0 Å². The van der Waals surface area contributed by atoms with E-state index in [0.29, 0.717) is 10.6 Å². The normalized spacial score (nSPS) is 14.9. The van der Waals surface area contributed by atoms with E-state index in [1.54, 1.807) is 0 Å². The predicted molar refractivity (Wildman–Crippen MR) is 92.5 cm³/mol. The monoisotopic (exact) mass is 317 g/mol. The van der Waals surface area contributed by atoms with Gasteiger partial charge in [0.2, 0.25) is 0 Å². The fraction of sp³-hybridized carbons (Fsp3) is 0.529. The Hall–Kier alpha value is -1.62.